The second-order valence-electron chi connectivity index (χ2n) is 5.14. The summed E-state index contributed by atoms with van der Waals surface area (Å²) in [5.74, 6) is -2.17. The number of carbonyl (C=O) groups is 2. The highest BCUT2D eigenvalue weighted by Crippen LogP contribution is 2.23. The summed E-state index contributed by atoms with van der Waals surface area (Å²) in [5.41, 5.74) is -1.22. The van der Waals surface area contributed by atoms with E-state index in [0.717, 1.165) is 12.5 Å². The van der Waals surface area contributed by atoms with Gasteiger partial charge in [-0.05, 0) is 31.0 Å². The predicted octanol–water partition coefficient (Wildman–Crippen LogP) is 2.12. The smallest absolute Gasteiger partial charge is 0.337 e. The lowest BCUT2D eigenvalue weighted by molar-refractivity contribution is -0.156. The molecule has 0 saturated heterocycles. The van der Waals surface area contributed by atoms with Gasteiger partial charge in [0, 0.05) is 16.0 Å². The number of rotatable bonds is 6. The van der Waals surface area contributed by atoms with Crippen LogP contribution >= 0.6 is 23.2 Å². The Morgan fingerprint density at radius 1 is 1.38 bits per heavy atom. The molecule has 1 aromatic rings. The van der Waals surface area contributed by atoms with Crippen molar-refractivity contribution in [3.8, 4) is 0 Å². The van der Waals surface area contributed by atoms with Crippen LogP contribution in [0.3, 0.4) is 0 Å². The number of aliphatic carboxylic acids is 1. The lowest BCUT2D eigenvalue weighted by Gasteiger charge is -2.20. The number of halogens is 2. The fraction of sp³-hybridized carbons (Fsp3) is 0.429. The number of hydrogen-bond donors (Lipinski definition) is 3. The highest BCUT2D eigenvalue weighted by atomic mass is 35.5. The number of benzene rings is 1. The van der Waals surface area contributed by atoms with Crippen molar-refractivity contribution in [3.63, 3.8) is 0 Å². The minimum absolute atomic E-state index is 0.359. The topological polar surface area (TPSA) is 86.6 Å². The summed E-state index contributed by atoms with van der Waals surface area (Å²) in [6, 6.07) is 5.02. The van der Waals surface area contributed by atoms with Crippen LogP contribution in [0.4, 0.5) is 0 Å². The summed E-state index contributed by atoms with van der Waals surface area (Å²) in [6.07, 6.45) is 0.386. The van der Waals surface area contributed by atoms with Crippen LogP contribution in [0.15, 0.2) is 18.2 Å². The third-order valence-corrected chi connectivity index (χ3v) is 3.64. The molecular weight excluding hydrogens is 317 g/mol. The van der Waals surface area contributed by atoms with Crippen LogP contribution in [0.1, 0.15) is 19.4 Å². The van der Waals surface area contributed by atoms with Crippen molar-refractivity contribution in [1.82, 2.24) is 5.32 Å². The second-order valence-corrected chi connectivity index (χ2v) is 5.98. The van der Waals surface area contributed by atoms with E-state index < -0.39 is 17.5 Å². The van der Waals surface area contributed by atoms with E-state index in [-0.39, 0.29) is 12.5 Å². The van der Waals surface area contributed by atoms with Crippen molar-refractivity contribution in [2.45, 2.75) is 25.9 Å². The molecule has 116 valence electrons. The monoisotopic (exact) mass is 333 g/mol. The molecule has 0 saturated carbocycles. The minimum atomic E-state index is -1.99. The molecule has 3 N–H and O–H groups in total. The number of carboxylic acid groups (broad SMARTS) is 1. The van der Waals surface area contributed by atoms with Crippen molar-refractivity contribution in [2.24, 2.45) is 5.92 Å². The van der Waals surface area contributed by atoms with Crippen LogP contribution in [0.5, 0.6) is 0 Å². The number of aliphatic hydroxyl groups is 1. The van der Waals surface area contributed by atoms with Crippen LogP contribution in [0.25, 0.3) is 0 Å². The van der Waals surface area contributed by atoms with Gasteiger partial charge in [0.15, 0.2) is 5.60 Å². The van der Waals surface area contributed by atoms with Gasteiger partial charge in [-0.3, -0.25) is 4.79 Å². The lowest BCUT2D eigenvalue weighted by atomic mass is 9.99. The van der Waals surface area contributed by atoms with Crippen LogP contribution in [0.2, 0.25) is 10.0 Å². The average Bonchev–Trinajstić information content (AvgIpc) is 2.39. The predicted molar refractivity (Wildman–Crippen MR) is 80.6 cm³/mol. The Labute approximate surface area is 132 Å². The summed E-state index contributed by atoms with van der Waals surface area (Å²) in [5, 5.41) is 21.7. The molecule has 1 aromatic carbocycles. The van der Waals surface area contributed by atoms with E-state index in [0.29, 0.717) is 16.5 Å². The molecule has 2 unspecified atom stereocenters. The van der Waals surface area contributed by atoms with Crippen molar-refractivity contribution in [3.05, 3.63) is 33.8 Å². The Morgan fingerprint density at radius 3 is 2.52 bits per heavy atom. The maximum Gasteiger partial charge on any atom is 0.337 e. The molecule has 2 atom stereocenters. The van der Waals surface area contributed by atoms with Gasteiger partial charge in [-0.25, -0.2) is 4.79 Å². The van der Waals surface area contributed by atoms with Crippen molar-refractivity contribution in [2.75, 3.05) is 6.54 Å². The number of amides is 1. The molecule has 0 bridgehead atoms. The zero-order valence-corrected chi connectivity index (χ0v) is 13.2. The van der Waals surface area contributed by atoms with Gasteiger partial charge >= 0.3 is 5.97 Å². The van der Waals surface area contributed by atoms with Crippen LogP contribution in [-0.2, 0) is 16.0 Å². The van der Waals surface area contributed by atoms with Crippen molar-refractivity contribution >= 4 is 35.1 Å². The summed E-state index contributed by atoms with van der Waals surface area (Å²) >= 11 is 11.8. The highest BCUT2D eigenvalue weighted by Gasteiger charge is 2.30. The van der Waals surface area contributed by atoms with Crippen LogP contribution in [0, 0.1) is 5.92 Å². The van der Waals surface area contributed by atoms with E-state index in [1.54, 1.807) is 25.1 Å². The number of hydrogen-bond acceptors (Lipinski definition) is 3. The number of nitrogens with one attached hydrogen (secondary N) is 1. The fourth-order valence-electron chi connectivity index (χ4n) is 1.62. The molecule has 1 amide bonds. The molecular formula is C14H17Cl2NO4. The van der Waals surface area contributed by atoms with Gasteiger partial charge in [0.05, 0.1) is 6.54 Å². The highest BCUT2D eigenvalue weighted by molar-refractivity contribution is 6.35. The summed E-state index contributed by atoms with van der Waals surface area (Å²) in [4.78, 5) is 22.7. The maximum atomic E-state index is 11.9. The molecule has 0 aliphatic carbocycles. The normalized spacial score (nSPS) is 15.1. The van der Waals surface area contributed by atoms with E-state index in [9.17, 15) is 14.7 Å². The van der Waals surface area contributed by atoms with E-state index >= 15 is 0 Å². The van der Waals surface area contributed by atoms with E-state index in [2.05, 4.69) is 5.32 Å². The van der Waals surface area contributed by atoms with Gasteiger partial charge in [0.1, 0.15) is 0 Å². The second kappa shape index (κ2) is 7.11. The molecule has 0 aromatic heterocycles. The van der Waals surface area contributed by atoms with Crippen LogP contribution < -0.4 is 5.32 Å². The lowest BCUT2D eigenvalue weighted by Crippen LogP contribution is -2.47. The zero-order valence-electron chi connectivity index (χ0n) is 11.7. The molecule has 5 nitrogen and oxygen atoms in total. The molecule has 0 aliphatic heterocycles. The number of carboxylic acids is 1. The standard InChI is InChI=1S/C14H17Cl2NO4/c1-8(5-9-3-4-10(15)6-11(9)16)12(18)17-7-14(2,21)13(19)20/h3-4,6,8,21H,5,7H2,1-2H3,(H,17,18)(H,19,20). The Hall–Kier alpha value is -1.30. The van der Waals surface area contributed by atoms with Gasteiger partial charge < -0.3 is 15.5 Å². The molecule has 0 radical (unpaired) electrons. The molecule has 21 heavy (non-hydrogen) atoms. The Kier molecular flexibility index (Phi) is 6.01. The van der Waals surface area contributed by atoms with Gasteiger partial charge in [-0.15, -0.1) is 0 Å². The van der Waals surface area contributed by atoms with E-state index in [4.69, 9.17) is 28.3 Å². The van der Waals surface area contributed by atoms with Crippen molar-refractivity contribution in [1.29, 1.82) is 0 Å². The largest absolute Gasteiger partial charge is 0.479 e. The quantitative estimate of drug-likeness (QED) is 0.744. The fourth-order valence-corrected chi connectivity index (χ4v) is 2.10. The Balaban J connectivity index is 2.61. The molecule has 0 spiro atoms. The van der Waals surface area contributed by atoms with E-state index in [1.165, 1.54) is 0 Å². The summed E-state index contributed by atoms with van der Waals surface area (Å²) in [6.45, 7) is 2.45. The number of carbonyl (C=O) groups excluding carboxylic acids is 1. The van der Waals surface area contributed by atoms with Crippen LogP contribution in [-0.4, -0.2) is 34.2 Å². The summed E-state index contributed by atoms with van der Waals surface area (Å²) < 4.78 is 0. The van der Waals surface area contributed by atoms with Crippen molar-refractivity contribution < 1.29 is 19.8 Å². The Morgan fingerprint density at radius 2 is 2.00 bits per heavy atom. The van der Waals surface area contributed by atoms with Gasteiger partial charge in [0.25, 0.3) is 0 Å². The first kappa shape index (κ1) is 17.8. The zero-order chi connectivity index (χ0) is 16.2. The average molecular weight is 334 g/mol. The summed E-state index contributed by atoms with van der Waals surface area (Å²) in [7, 11) is 0. The maximum absolute atomic E-state index is 11.9. The van der Waals surface area contributed by atoms with Gasteiger partial charge in [-0.1, -0.05) is 36.2 Å². The Bertz CT molecular complexity index is 546. The molecule has 0 heterocycles. The third-order valence-electron chi connectivity index (χ3n) is 3.06. The first-order valence-electron chi connectivity index (χ1n) is 6.31. The molecule has 0 aliphatic rings. The molecule has 0 fully saturated rings. The van der Waals surface area contributed by atoms with Gasteiger partial charge in [-0.2, -0.15) is 0 Å². The molecule has 7 heteroatoms. The third kappa shape index (κ3) is 5.19. The SMILES string of the molecule is CC(Cc1ccc(Cl)cc1Cl)C(=O)NCC(C)(O)C(=O)O. The first-order chi connectivity index (χ1) is 9.63. The first-order valence-corrected chi connectivity index (χ1v) is 7.06. The van der Waals surface area contributed by atoms with E-state index in [1.807, 2.05) is 0 Å². The van der Waals surface area contributed by atoms with Gasteiger partial charge in [0.2, 0.25) is 5.91 Å². The minimum Gasteiger partial charge on any atom is -0.479 e. The molecule has 1 rings (SSSR count).